The van der Waals surface area contributed by atoms with Crippen LogP contribution < -0.4 is 0 Å². The summed E-state index contributed by atoms with van der Waals surface area (Å²) in [4.78, 5) is 10.2. The Labute approximate surface area is 99.3 Å². The zero-order valence-corrected chi connectivity index (χ0v) is 10.8. The molecule has 1 heteroatoms. The van der Waals surface area contributed by atoms with Crippen LogP contribution in [0.25, 0.3) is 0 Å². The molecule has 0 amide bonds. The first-order valence-corrected chi connectivity index (χ1v) is 5.65. The fourth-order valence-electron chi connectivity index (χ4n) is 1.20. The minimum absolute atomic E-state index is 0.811. The van der Waals surface area contributed by atoms with E-state index in [0.717, 1.165) is 24.7 Å². The van der Waals surface area contributed by atoms with E-state index in [-0.39, 0.29) is 0 Å². The Morgan fingerprint density at radius 3 is 2.31 bits per heavy atom. The van der Waals surface area contributed by atoms with Gasteiger partial charge in [0.2, 0.25) is 0 Å². The molecular weight excluding hydrogens is 196 g/mol. The predicted octanol–water partition coefficient (Wildman–Crippen LogP) is 4.38. The number of carbonyl (C=O) groups is 1. The van der Waals surface area contributed by atoms with Gasteiger partial charge in [-0.3, -0.25) is 4.79 Å². The lowest BCUT2D eigenvalue weighted by Gasteiger charge is -1.96. The molecule has 0 saturated heterocycles. The van der Waals surface area contributed by atoms with Crippen molar-refractivity contribution in [3.05, 3.63) is 47.1 Å². The van der Waals surface area contributed by atoms with Gasteiger partial charge in [0.05, 0.1) is 0 Å². The average molecular weight is 218 g/mol. The minimum Gasteiger partial charge on any atom is -0.299 e. The average Bonchev–Trinajstić information content (AvgIpc) is 2.17. The highest BCUT2D eigenvalue weighted by atomic mass is 16.1. The topological polar surface area (TPSA) is 17.1 Å². The zero-order chi connectivity index (χ0) is 12.4. The number of hydrogen-bond acceptors (Lipinski definition) is 1. The molecule has 0 fully saturated rings. The van der Waals surface area contributed by atoms with Crippen molar-refractivity contribution < 1.29 is 4.79 Å². The number of carbonyl (C=O) groups excluding carboxylic acids is 1. The lowest BCUT2D eigenvalue weighted by Crippen LogP contribution is -1.76. The molecule has 0 radical (unpaired) electrons. The summed E-state index contributed by atoms with van der Waals surface area (Å²) in [5.41, 5.74) is 3.70. The molecule has 88 valence electrons. The number of hydrogen-bond donors (Lipinski definition) is 0. The van der Waals surface area contributed by atoms with Crippen LogP contribution in [0.1, 0.15) is 40.5 Å². The van der Waals surface area contributed by atoms with Gasteiger partial charge in [0.25, 0.3) is 0 Å². The summed E-state index contributed by atoms with van der Waals surface area (Å²) < 4.78 is 0. The van der Waals surface area contributed by atoms with Crippen molar-refractivity contribution >= 4 is 6.29 Å². The standard InChI is InChI=1S/C15H22O/c1-13(2)7-5-8-14(3)9-6-10-15(4)11-12-16/h6-7,9-12H,5,8H2,1-4H3. The molecule has 0 heterocycles. The summed E-state index contributed by atoms with van der Waals surface area (Å²) in [6, 6.07) is 0. The molecule has 0 bridgehead atoms. The summed E-state index contributed by atoms with van der Waals surface area (Å²) in [6.07, 6.45) is 12.8. The third-order valence-electron chi connectivity index (χ3n) is 2.16. The molecule has 0 aromatic rings. The number of rotatable bonds is 6. The monoisotopic (exact) mass is 218 g/mol. The fourth-order valence-corrected chi connectivity index (χ4v) is 1.20. The van der Waals surface area contributed by atoms with Crippen LogP contribution in [0.2, 0.25) is 0 Å². The van der Waals surface area contributed by atoms with E-state index >= 15 is 0 Å². The van der Waals surface area contributed by atoms with Crippen LogP contribution in [0.3, 0.4) is 0 Å². The SMILES string of the molecule is CC(C)=CCCC(C)=CC=CC(C)=CC=O. The predicted molar refractivity (Wildman–Crippen MR) is 71.4 cm³/mol. The van der Waals surface area contributed by atoms with Crippen molar-refractivity contribution in [2.24, 2.45) is 0 Å². The highest BCUT2D eigenvalue weighted by Crippen LogP contribution is 2.07. The van der Waals surface area contributed by atoms with Gasteiger partial charge in [-0.25, -0.2) is 0 Å². The Hall–Kier alpha value is -1.37. The third-order valence-corrected chi connectivity index (χ3v) is 2.16. The summed E-state index contributed by atoms with van der Waals surface area (Å²) in [6.45, 7) is 8.28. The summed E-state index contributed by atoms with van der Waals surface area (Å²) in [7, 11) is 0. The van der Waals surface area contributed by atoms with Crippen molar-refractivity contribution in [3.8, 4) is 0 Å². The molecule has 0 aliphatic carbocycles. The Kier molecular flexibility index (Phi) is 8.14. The third kappa shape index (κ3) is 9.20. The van der Waals surface area contributed by atoms with Gasteiger partial charge in [-0.2, -0.15) is 0 Å². The molecule has 0 unspecified atom stereocenters. The first-order valence-electron chi connectivity index (χ1n) is 5.65. The second kappa shape index (κ2) is 8.90. The Bertz CT molecular complexity index is 323. The van der Waals surface area contributed by atoms with E-state index in [0.29, 0.717) is 0 Å². The number of aldehydes is 1. The lowest BCUT2D eigenvalue weighted by molar-refractivity contribution is -0.104. The van der Waals surface area contributed by atoms with E-state index in [2.05, 4.69) is 32.9 Å². The van der Waals surface area contributed by atoms with Gasteiger partial charge >= 0.3 is 0 Å². The van der Waals surface area contributed by atoms with Crippen LogP contribution in [0.5, 0.6) is 0 Å². The van der Waals surface area contributed by atoms with Crippen LogP contribution >= 0.6 is 0 Å². The fraction of sp³-hybridized carbons (Fsp3) is 0.400. The van der Waals surface area contributed by atoms with Crippen molar-refractivity contribution in [1.29, 1.82) is 0 Å². The van der Waals surface area contributed by atoms with E-state index in [1.807, 2.05) is 19.1 Å². The molecule has 0 saturated carbocycles. The molecule has 0 aromatic heterocycles. The first kappa shape index (κ1) is 14.6. The summed E-state index contributed by atoms with van der Waals surface area (Å²) in [5, 5.41) is 0. The van der Waals surface area contributed by atoms with Gasteiger partial charge in [0.1, 0.15) is 6.29 Å². The minimum atomic E-state index is 0.811. The first-order chi connectivity index (χ1) is 7.56. The Morgan fingerprint density at radius 1 is 1.06 bits per heavy atom. The van der Waals surface area contributed by atoms with Gasteiger partial charge in [-0.15, -0.1) is 0 Å². The quantitative estimate of drug-likeness (QED) is 0.280. The highest BCUT2D eigenvalue weighted by Gasteiger charge is 1.86. The molecule has 0 aliphatic heterocycles. The van der Waals surface area contributed by atoms with Crippen LogP contribution in [-0.4, -0.2) is 6.29 Å². The van der Waals surface area contributed by atoms with E-state index in [1.54, 1.807) is 6.08 Å². The van der Waals surface area contributed by atoms with E-state index in [9.17, 15) is 4.79 Å². The Balaban J connectivity index is 4.09. The second-order valence-corrected chi connectivity index (χ2v) is 4.24. The maximum atomic E-state index is 10.2. The van der Waals surface area contributed by atoms with Crippen LogP contribution in [-0.2, 0) is 4.79 Å². The van der Waals surface area contributed by atoms with Gasteiger partial charge in [-0.1, -0.05) is 35.5 Å². The molecule has 16 heavy (non-hydrogen) atoms. The smallest absolute Gasteiger partial charge is 0.143 e. The van der Waals surface area contributed by atoms with Gasteiger partial charge < -0.3 is 0 Å². The second-order valence-electron chi connectivity index (χ2n) is 4.24. The maximum absolute atomic E-state index is 10.2. The lowest BCUT2D eigenvalue weighted by atomic mass is 10.1. The van der Waals surface area contributed by atoms with Crippen molar-refractivity contribution in [2.75, 3.05) is 0 Å². The Morgan fingerprint density at radius 2 is 1.75 bits per heavy atom. The van der Waals surface area contributed by atoms with Crippen LogP contribution in [0.4, 0.5) is 0 Å². The zero-order valence-electron chi connectivity index (χ0n) is 10.8. The van der Waals surface area contributed by atoms with Crippen molar-refractivity contribution in [3.63, 3.8) is 0 Å². The van der Waals surface area contributed by atoms with Crippen molar-refractivity contribution in [2.45, 2.75) is 40.5 Å². The van der Waals surface area contributed by atoms with Gasteiger partial charge in [0, 0.05) is 0 Å². The molecule has 0 N–H and O–H groups in total. The molecule has 0 aromatic carbocycles. The van der Waals surface area contributed by atoms with E-state index in [1.165, 1.54) is 11.1 Å². The van der Waals surface area contributed by atoms with E-state index < -0.39 is 0 Å². The molecule has 0 aliphatic rings. The summed E-state index contributed by atoms with van der Waals surface area (Å²) in [5.74, 6) is 0. The molecule has 0 rings (SSSR count). The molecule has 1 nitrogen and oxygen atoms in total. The normalized spacial score (nSPS) is 13.0. The largest absolute Gasteiger partial charge is 0.299 e. The maximum Gasteiger partial charge on any atom is 0.143 e. The number of allylic oxidation sites excluding steroid dienone is 8. The molecule has 0 spiro atoms. The van der Waals surface area contributed by atoms with Gasteiger partial charge in [-0.05, 0) is 52.2 Å². The molecular formula is C15H22O. The van der Waals surface area contributed by atoms with Crippen LogP contribution in [0.15, 0.2) is 47.1 Å². The van der Waals surface area contributed by atoms with E-state index in [4.69, 9.17) is 0 Å². The van der Waals surface area contributed by atoms with Crippen molar-refractivity contribution in [1.82, 2.24) is 0 Å². The van der Waals surface area contributed by atoms with Crippen LogP contribution in [0, 0.1) is 0 Å². The van der Waals surface area contributed by atoms with Gasteiger partial charge in [0.15, 0.2) is 0 Å². The molecule has 0 atom stereocenters. The summed E-state index contributed by atoms with van der Waals surface area (Å²) >= 11 is 0. The highest BCUT2D eigenvalue weighted by molar-refractivity contribution is 5.66.